The van der Waals surface area contributed by atoms with Crippen LogP contribution >= 0.6 is 0 Å². The molecule has 3 aliphatic rings. The van der Waals surface area contributed by atoms with E-state index in [9.17, 15) is 0 Å². The molecular formula is C21H27N7. The van der Waals surface area contributed by atoms with Crippen molar-refractivity contribution in [1.29, 1.82) is 0 Å². The van der Waals surface area contributed by atoms with Crippen LogP contribution in [-0.4, -0.2) is 40.4 Å². The molecule has 2 N–H and O–H groups in total. The first kappa shape index (κ1) is 17.4. The van der Waals surface area contributed by atoms with Crippen LogP contribution in [0.5, 0.6) is 0 Å². The summed E-state index contributed by atoms with van der Waals surface area (Å²) in [5.41, 5.74) is 10.6. The third-order valence-electron chi connectivity index (χ3n) is 6.28. The number of nitrogen functional groups attached to an aromatic ring is 1. The molecule has 0 atom stereocenters. The van der Waals surface area contributed by atoms with E-state index in [1.807, 2.05) is 12.3 Å². The summed E-state index contributed by atoms with van der Waals surface area (Å²) in [7, 11) is 0. The number of fused-ring (bicyclic) bond motifs is 2. The fraction of sp³-hybridized carbons (Fsp3) is 0.524. The van der Waals surface area contributed by atoms with Crippen LogP contribution in [0.4, 0.5) is 17.3 Å². The van der Waals surface area contributed by atoms with Crippen molar-refractivity contribution in [3.05, 3.63) is 35.4 Å². The first-order chi connectivity index (χ1) is 13.5. The highest BCUT2D eigenvalue weighted by molar-refractivity contribution is 6.11. The second-order valence-electron chi connectivity index (χ2n) is 8.76. The molecule has 0 radical (unpaired) electrons. The van der Waals surface area contributed by atoms with E-state index in [-0.39, 0.29) is 0 Å². The second kappa shape index (κ2) is 6.43. The quantitative estimate of drug-likeness (QED) is 0.823. The summed E-state index contributed by atoms with van der Waals surface area (Å²) < 4.78 is 0. The number of amidine groups is 1. The van der Waals surface area contributed by atoms with Crippen LogP contribution in [-0.2, 0) is 13.0 Å². The molecule has 0 spiro atoms. The van der Waals surface area contributed by atoms with Gasteiger partial charge in [0.05, 0.1) is 24.1 Å². The van der Waals surface area contributed by atoms with Crippen LogP contribution in [0.15, 0.2) is 23.5 Å². The van der Waals surface area contributed by atoms with Crippen molar-refractivity contribution in [2.75, 3.05) is 35.2 Å². The van der Waals surface area contributed by atoms with Crippen LogP contribution in [0.2, 0.25) is 0 Å². The van der Waals surface area contributed by atoms with E-state index in [0.29, 0.717) is 17.8 Å². The van der Waals surface area contributed by atoms with E-state index in [1.165, 1.54) is 12.8 Å². The fourth-order valence-electron chi connectivity index (χ4n) is 4.41. The predicted octanol–water partition coefficient (Wildman–Crippen LogP) is 2.79. The number of pyridine rings is 1. The van der Waals surface area contributed by atoms with Crippen LogP contribution in [0.3, 0.4) is 0 Å². The second-order valence-corrected chi connectivity index (χ2v) is 8.76. The van der Waals surface area contributed by atoms with Gasteiger partial charge in [0.2, 0.25) is 0 Å². The molecule has 0 amide bonds. The number of piperidine rings is 1. The summed E-state index contributed by atoms with van der Waals surface area (Å²) in [4.78, 5) is 23.4. The van der Waals surface area contributed by atoms with Gasteiger partial charge in [0.15, 0.2) is 5.84 Å². The van der Waals surface area contributed by atoms with Gasteiger partial charge in [-0.1, -0.05) is 13.8 Å². The Hall–Kier alpha value is -2.70. The average Bonchev–Trinajstić information content (AvgIpc) is 3.11. The molecule has 0 aromatic carbocycles. The van der Waals surface area contributed by atoms with Crippen molar-refractivity contribution in [2.24, 2.45) is 10.4 Å². The first-order valence-electron chi connectivity index (χ1n) is 10.2. The molecular weight excluding hydrogens is 350 g/mol. The highest BCUT2D eigenvalue weighted by atomic mass is 15.2. The largest absolute Gasteiger partial charge is 0.383 e. The van der Waals surface area contributed by atoms with Crippen molar-refractivity contribution >= 4 is 23.2 Å². The Balaban J connectivity index is 1.42. The van der Waals surface area contributed by atoms with E-state index in [1.54, 1.807) is 6.20 Å². The topological polar surface area (TPSA) is 83.5 Å². The number of nitrogens with zero attached hydrogens (tertiary/aromatic N) is 6. The predicted molar refractivity (Wildman–Crippen MR) is 112 cm³/mol. The molecule has 0 unspecified atom stereocenters. The molecule has 1 saturated heterocycles. The van der Waals surface area contributed by atoms with Crippen molar-refractivity contribution in [3.63, 3.8) is 0 Å². The Morgan fingerprint density at radius 2 is 1.93 bits per heavy atom. The number of nitrogens with two attached hydrogens (primary N) is 1. The molecule has 2 aromatic rings. The van der Waals surface area contributed by atoms with Crippen LogP contribution < -0.4 is 15.5 Å². The van der Waals surface area contributed by atoms with Crippen molar-refractivity contribution < 1.29 is 0 Å². The van der Waals surface area contributed by atoms with Gasteiger partial charge in [-0.3, -0.25) is 4.99 Å². The standard InChI is InChI=1S/C21H27N7/c1-21(2)6-10-27(11-7-21)17-13-24-18-15(26-17)12-25-20(18)28-9-3-4-14-16(28)5-8-23-19(14)22/h5,8,13H,3-4,6-7,9-12H2,1-2H3,(H2,22,23). The molecule has 5 rings (SSSR count). The van der Waals surface area contributed by atoms with E-state index < -0.39 is 0 Å². The SMILES string of the molecule is CC1(C)CCN(c2cnc3c(n2)CN=C3N2CCCc3c2ccnc3N)CC1. The van der Waals surface area contributed by atoms with Crippen LogP contribution in [0.25, 0.3) is 0 Å². The smallest absolute Gasteiger partial charge is 0.156 e. The third kappa shape index (κ3) is 2.89. The highest BCUT2D eigenvalue weighted by Crippen LogP contribution is 2.34. The summed E-state index contributed by atoms with van der Waals surface area (Å²) >= 11 is 0. The molecule has 5 heterocycles. The van der Waals surface area contributed by atoms with Gasteiger partial charge in [-0.25, -0.2) is 15.0 Å². The Morgan fingerprint density at radius 1 is 1.11 bits per heavy atom. The molecule has 7 heteroatoms. The Kier molecular flexibility index (Phi) is 4.00. The lowest BCUT2D eigenvalue weighted by Gasteiger charge is -2.37. The van der Waals surface area contributed by atoms with Gasteiger partial charge in [-0.15, -0.1) is 0 Å². The lowest BCUT2D eigenvalue weighted by molar-refractivity contribution is 0.279. The summed E-state index contributed by atoms with van der Waals surface area (Å²) in [6.45, 7) is 8.28. The number of aromatic nitrogens is 3. The van der Waals surface area contributed by atoms with Gasteiger partial charge in [-0.05, 0) is 37.2 Å². The minimum absolute atomic E-state index is 0.426. The molecule has 1 fully saturated rings. The molecule has 28 heavy (non-hydrogen) atoms. The van der Waals surface area contributed by atoms with Gasteiger partial charge >= 0.3 is 0 Å². The van der Waals surface area contributed by atoms with E-state index in [0.717, 1.165) is 66.8 Å². The van der Waals surface area contributed by atoms with Crippen molar-refractivity contribution in [1.82, 2.24) is 15.0 Å². The van der Waals surface area contributed by atoms with Crippen LogP contribution in [0, 0.1) is 5.41 Å². The van der Waals surface area contributed by atoms with Crippen molar-refractivity contribution in [2.45, 2.75) is 46.1 Å². The lowest BCUT2D eigenvalue weighted by Crippen LogP contribution is -2.38. The summed E-state index contributed by atoms with van der Waals surface area (Å²) in [5, 5.41) is 0. The first-order valence-corrected chi connectivity index (χ1v) is 10.2. The zero-order valence-electron chi connectivity index (χ0n) is 16.6. The van der Waals surface area contributed by atoms with Gasteiger partial charge in [-0.2, -0.15) is 0 Å². The molecule has 7 nitrogen and oxygen atoms in total. The number of hydrogen-bond donors (Lipinski definition) is 1. The zero-order chi connectivity index (χ0) is 19.3. The minimum atomic E-state index is 0.426. The van der Waals surface area contributed by atoms with E-state index in [4.69, 9.17) is 20.7 Å². The number of rotatable bonds is 1. The molecule has 0 aliphatic carbocycles. The maximum atomic E-state index is 6.11. The average molecular weight is 377 g/mol. The van der Waals surface area contributed by atoms with Crippen LogP contribution in [0.1, 0.15) is 50.1 Å². The summed E-state index contributed by atoms with van der Waals surface area (Å²) in [5.74, 6) is 2.52. The fourth-order valence-corrected chi connectivity index (χ4v) is 4.41. The van der Waals surface area contributed by atoms with E-state index in [2.05, 4.69) is 28.6 Å². The molecule has 0 bridgehead atoms. The molecule has 3 aliphatic heterocycles. The van der Waals surface area contributed by atoms with Gasteiger partial charge in [0.25, 0.3) is 0 Å². The zero-order valence-corrected chi connectivity index (χ0v) is 16.6. The number of hydrogen-bond acceptors (Lipinski definition) is 7. The summed E-state index contributed by atoms with van der Waals surface area (Å²) in [6.07, 6.45) is 8.06. The highest BCUT2D eigenvalue weighted by Gasteiger charge is 2.31. The lowest BCUT2D eigenvalue weighted by atomic mass is 9.83. The van der Waals surface area contributed by atoms with E-state index >= 15 is 0 Å². The van der Waals surface area contributed by atoms with Gasteiger partial charge < -0.3 is 15.5 Å². The molecule has 2 aromatic heterocycles. The Morgan fingerprint density at radius 3 is 2.75 bits per heavy atom. The molecule has 0 saturated carbocycles. The van der Waals surface area contributed by atoms with Crippen molar-refractivity contribution in [3.8, 4) is 0 Å². The maximum Gasteiger partial charge on any atom is 0.156 e. The molecule has 146 valence electrons. The minimum Gasteiger partial charge on any atom is -0.383 e. The Labute approximate surface area is 165 Å². The summed E-state index contributed by atoms with van der Waals surface area (Å²) in [6, 6.07) is 2.03. The number of anilines is 3. The van der Waals surface area contributed by atoms with Gasteiger partial charge in [0, 0.05) is 31.4 Å². The normalized spacial score (nSPS) is 20.6. The maximum absolute atomic E-state index is 6.11. The monoisotopic (exact) mass is 377 g/mol. The Bertz CT molecular complexity index is 940. The van der Waals surface area contributed by atoms with Gasteiger partial charge in [0.1, 0.15) is 17.3 Å². The number of aliphatic imine (C=N–C) groups is 1. The third-order valence-corrected chi connectivity index (χ3v) is 6.28.